The molecule has 0 aliphatic rings. The lowest BCUT2D eigenvalue weighted by Gasteiger charge is -2.10. The first-order chi connectivity index (χ1) is 13.6. The molecule has 0 saturated carbocycles. The van der Waals surface area contributed by atoms with E-state index in [2.05, 4.69) is 5.32 Å². The molecule has 0 unspecified atom stereocenters. The van der Waals surface area contributed by atoms with E-state index >= 15 is 0 Å². The summed E-state index contributed by atoms with van der Waals surface area (Å²) >= 11 is 0.926. The van der Waals surface area contributed by atoms with E-state index in [4.69, 9.17) is 5.11 Å². The topological polar surface area (TPSA) is 136 Å². The normalized spacial score (nSPS) is 11.2. The van der Waals surface area contributed by atoms with Gasteiger partial charge in [0.2, 0.25) is 17.5 Å². The minimum atomic E-state index is -1.16. The van der Waals surface area contributed by atoms with Crippen molar-refractivity contribution in [2.24, 2.45) is 0 Å². The number of aliphatic carboxylic acids is 1. The van der Waals surface area contributed by atoms with Gasteiger partial charge in [-0.1, -0.05) is 12.1 Å². The molecule has 0 aliphatic heterocycles. The van der Waals surface area contributed by atoms with Crippen molar-refractivity contribution in [2.45, 2.75) is 10.9 Å². The number of benzene rings is 2. The number of likely N-dealkylation sites (N-methyl/N-ethyl adjacent to an activating group) is 1. The van der Waals surface area contributed by atoms with Crippen molar-refractivity contribution in [1.82, 2.24) is 5.32 Å². The quantitative estimate of drug-likeness (QED) is 0.385. The Balaban J connectivity index is 0.000000326. The van der Waals surface area contributed by atoms with Crippen molar-refractivity contribution in [3.8, 4) is 0 Å². The Morgan fingerprint density at radius 3 is 1.86 bits per heavy atom. The Morgan fingerprint density at radius 2 is 1.48 bits per heavy atom. The van der Waals surface area contributed by atoms with Crippen LogP contribution in [0.15, 0.2) is 41.3 Å². The van der Waals surface area contributed by atoms with Crippen molar-refractivity contribution in [2.75, 3.05) is 12.8 Å². The fraction of sp³-hybridized carbons (Fsp3) is 0.188. The Morgan fingerprint density at radius 1 is 1.03 bits per heavy atom. The van der Waals surface area contributed by atoms with Gasteiger partial charge in [0.15, 0.2) is 0 Å². The van der Waals surface area contributed by atoms with Gasteiger partial charge in [-0.3, -0.25) is 25.0 Å². The van der Waals surface area contributed by atoms with E-state index in [1.54, 1.807) is 0 Å². The highest BCUT2D eigenvalue weighted by atomic mass is 32.2. The van der Waals surface area contributed by atoms with E-state index < -0.39 is 50.7 Å². The largest absolute Gasteiger partial charge is 0.480 e. The van der Waals surface area contributed by atoms with Gasteiger partial charge in [0, 0.05) is 5.75 Å². The fourth-order valence-electron chi connectivity index (χ4n) is 1.90. The van der Waals surface area contributed by atoms with Crippen molar-refractivity contribution < 1.29 is 32.9 Å². The van der Waals surface area contributed by atoms with Gasteiger partial charge in [0.1, 0.15) is 6.04 Å². The molecule has 2 rings (SSSR count). The maximum Gasteiger partial charge on any atom is 0.340 e. The zero-order chi connectivity index (χ0) is 22.1. The van der Waals surface area contributed by atoms with E-state index in [1.165, 1.54) is 19.2 Å². The Labute approximate surface area is 165 Å². The summed E-state index contributed by atoms with van der Waals surface area (Å²) in [6, 6.07) is 5.62. The van der Waals surface area contributed by atoms with E-state index in [-0.39, 0.29) is 10.6 Å². The van der Waals surface area contributed by atoms with Crippen LogP contribution in [0.3, 0.4) is 0 Å². The second kappa shape index (κ2) is 11.0. The molecule has 0 heterocycles. The number of carboxylic acids is 1. The van der Waals surface area contributed by atoms with Gasteiger partial charge in [-0.25, -0.2) is 0 Å². The second-order valence-corrected chi connectivity index (χ2v) is 6.22. The summed E-state index contributed by atoms with van der Waals surface area (Å²) in [5, 5.41) is 32.0. The summed E-state index contributed by atoms with van der Waals surface area (Å²) in [6.45, 7) is 0. The van der Waals surface area contributed by atoms with Gasteiger partial charge >= 0.3 is 17.3 Å². The van der Waals surface area contributed by atoms with Crippen LogP contribution in [-0.4, -0.2) is 39.8 Å². The summed E-state index contributed by atoms with van der Waals surface area (Å²) in [5.74, 6) is -4.24. The highest BCUT2D eigenvalue weighted by molar-refractivity contribution is 7.99. The van der Waals surface area contributed by atoms with E-state index in [1.807, 2.05) is 0 Å². The van der Waals surface area contributed by atoms with Gasteiger partial charge in [-0.05, 0) is 31.3 Å². The Bertz CT molecular complexity index is 895. The standard InChI is InChI=1S/C10H11FN2O4S.C6H3F2NO2/c1-12-7(10(14)15)5-18-8-4-2-3-6(11)9(8)13(16)17;7-4-2-1-3-5(8)6(4)9(10)11/h2-4,7,12H,5H2,1H3,(H,14,15);1-3H/t7-;/m0./s1. The number of hydrogen-bond donors (Lipinski definition) is 2. The van der Waals surface area contributed by atoms with Gasteiger partial charge < -0.3 is 10.4 Å². The van der Waals surface area contributed by atoms with Gasteiger partial charge in [-0.2, -0.15) is 13.2 Å². The van der Waals surface area contributed by atoms with Crippen molar-refractivity contribution in [1.29, 1.82) is 0 Å². The molecule has 0 bridgehead atoms. The monoisotopic (exact) mass is 433 g/mol. The molecule has 0 aliphatic carbocycles. The molecule has 0 radical (unpaired) electrons. The predicted molar refractivity (Wildman–Crippen MR) is 97.3 cm³/mol. The average molecular weight is 433 g/mol. The van der Waals surface area contributed by atoms with Crippen molar-refractivity contribution in [3.63, 3.8) is 0 Å². The summed E-state index contributed by atoms with van der Waals surface area (Å²) in [5.41, 5.74) is -1.73. The molecule has 2 aromatic carbocycles. The summed E-state index contributed by atoms with van der Waals surface area (Å²) < 4.78 is 38.1. The molecule has 0 fully saturated rings. The molecule has 13 heteroatoms. The molecule has 9 nitrogen and oxygen atoms in total. The van der Waals surface area contributed by atoms with Crippen LogP contribution < -0.4 is 5.32 Å². The van der Waals surface area contributed by atoms with Crippen molar-refractivity contribution in [3.05, 3.63) is 74.1 Å². The molecule has 1 atom stereocenters. The minimum Gasteiger partial charge on any atom is -0.480 e. The lowest BCUT2D eigenvalue weighted by molar-refractivity contribution is -0.390. The van der Waals surface area contributed by atoms with E-state index in [0.29, 0.717) is 0 Å². The summed E-state index contributed by atoms with van der Waals surface area (Å²) in [6.07, 6.45) is 0. The number of halogens is 3. The van der Waals surface area contributed by atoms with Crippen LogP contribution in [-0.2, 0) is 4.79 Å². The van der Waals surface area contributed by atoms with E-state index in [0.717, 1.165) is 36.0 Å². The van der Waals surface area contributed by atoms with E-state index in [9.17, 15) is 38.2 Å². The number of carbonyl (C=O) groups is 1. The molecule has 2 aromatic rings. The third-order valence-corrected chi connectivity index (χ3v) is 4.44. The lowest BCUT2D eigenvalue weighted by Crippen LogP contribution is -2.35. The molecule has 0 amide bonds. The van der Waals surface area contributed by atoms with Gasteiger partial charge in [0.05, 0.1) is 14.7 Å². The summed E-state index contributed by atoms with van der Waals surface area (Å²) in [7, 11) is 1.47. The van der Waals surface area contributed by atoms with Crippen LogP contribution >= 0.6 is 11.8 Å². The smallest absolute Gasteiger partial charge is 0.340 e. The number of rotatable bonds is 7. The molecular weight excluding hydrogens is 419 g/mol. The van der Waals surface area contributed by atoms with Gasteiger partial charge in [-0.15, -0.1) is 11.8 Å². The maximum absolute atomic E-state index is 13.3. The number of nitro benzene ring substituents is 2. The number of nitrogens with one attached hydrogen (secondary N) is 1. The Kier molecular flexibility index (Phi) is 9.02. The van der Waals surface area contributed by atoms with Crippen LogP contribution in [0.2, 0.25) is 0 Å². The number of nitro groups is 2. The molecule has 0 aromatic heterocycles. The highest BCUT2D eigenvalue weighted by Crippen LogP contribution is 2.31. The first-order valence-corrected chi connectivity index (χ1v) is 8.62. The first-order valence-electron chi connectivity index (χ1n) is 7.64. The van der Waals surface area contributed by atoms with Gasteiger partial charge in [0.25, 0.3) is 0 Å². The molecule has 2 N–H and O–H groups in total. The zero-order valence-corrected chi connectivity index (χ0v) is 15.5. The summed E-state index contributed by atoms with van der Waals surface area (Å²) in [4.78, 5) is 29.6. The molecule has 156 valence electrons. The third-order valence-electron chi connectivity index (χ3n) is 3.30. The number of thioether (sulfide) groups is 1. The molecular formula is C16H14F3N3O6S. The van der Waals surface area contributed by atoms with Crippen LogP contribution in [0.4, 0.5) is 24.5 Å². The van der Waals surface area contributed by atoms with Crippen LogP contribution in [0.25, 0.3) is 0 Å². The zero-order valence-electron chi connectivity index (χ0n) is 14.7. The van der Waals surface area contributed by atoms with Crippen LogP contribution in [0.5, 0.6) is 0 Å². The first kappa shape index (κ1) is 23.8. The average Bonchev–Trinajstić information content (AvgIpc) is 2.61. The fourth-order valence-corrected chi connectivity index (χ4v) is 3.04. The SMILES string of the molecule is CN[C@@H](CSc1cccc(F)c1[N+](=O)[O-])C(=O)O.O=[N+]([O-])c1c(F)cccc1F. The Hall–Kier alpha value is -3.19. The number of nitrogens with zero attached hydrogens (tertiary/aromatic N) is 2. The minimum absolute atomic E-state index is 0.0656. The molecule has 0 spiro atoms. The lowest BCUT2D eigenvalue weighted by atomic mass is 10.3. The highest BCUT2D eigenvalue weighted by Gasteiger charge is 2.22. The molecule has 29 heavy (non-hydrogen) atoms. The predicted octanol–water partition coefficient (Wildman–Crippen LogP) is 3.37. The number of carboxylic acid groups (broad SMARTS) is 1. The third kappa shape index (κ3) is 6.73. The second-order valence-electron chi connectivity index (χ2n) is 5.16. The van der Waals surface area contributed by atoms with Crippen LogP contribution in [0, 0.1) is 37.7 Å². The number of hydrogen-bond acceptors (Lipinski definition) is 7. The maximum atomic E-state index is 13.3. The van der Waals surface area contributed by atoms with Crippen molar-refractivity contribution >= 4 is 29.1 Å². The number of para-hydroxylation sites is 2. The molecule has 0 saturated heterocycles. The van der Waals surface area contributed by atoms with Crippen LogP contribution in [0.1, 0.15) is 0 Å².